The highest BCUT2D eigenvalue weighted by molar-refractivity contribution is 7.89. The summed E-state index contributed by atoms with van der Waals surface area (Å²) in [5.41, 5.74) is 0. The topological polar surface area (TPSA) is 66.5 Å². The Balaban J connectivity index is 2.30. The zero-order valence-corrected chi connectivity index (χ0v) is 14.3. The van der Waals surface area contributed by atoms with E-state index >= 15 is 0 Å². The van der Waals surface area contributed by atoms with Crippen molar-refractivity contribution in [1.82, 2.24) is 9.62 Å². The second-order valence-corrected chi connectivity index (χ2v) is 8.06. The van der Waals surface area contributed by atoms with Crippen LogP contribution in [0.25, 0.3) is 0 Å². The van der Waals surface area contributed by atoms with E-state index in [1.54, 1.807) is 6.92 Å². The quantitative estimate of drug-likeness (QED) is 0.662. The molecule has 1 rings (SSSR count). The van der Waals surface area contributed by atoms with E-state index in [-0.39, 0.29) is 17.6 Å². The SMILES string of the molecule is CCCCCCCNC(=O)[C@H]1CCCN(S(=O)(=O)CC)C1. The van der Waals surface area contributed by atoms with Crippen molar-refractivity contribution in [3.8, 4) is 0 Å². The van der Waals surface area contributed by atoms with Crippen LogP contribution in [-0.4, -0.2) is 44.0 Å². The Morgan fingerprint density at radius 1 is 1.19 bits per heavy atom. The summed E-state index contributed by atoms with van der Waals surface area (Å²) in [6, 6.07) is 0. The van der Waals surface area contributed by atoms with E-state index in [0.29, 0.717) is 19.6 Å². The molecule has 0 aliphatic carbocycles. The molecule has 1 heterocycles. The second kappa shape index (κ2) is 9.41. The predicted molar refractivity (Wildman–Crippen MR) is 85.5 cm³/mol. The number of carbonyl (C=O) groups is 1. The molecule has 0 bridgehead atoms. The third-order valence-electron chi connectivity index (χ3n) is 4.09. The van der Waals surface area contributed by atoms with Crippen LogP contribution in [0.3, 0.4) is 0 Å². The second-order valence-electron chi connectivity index (χ2n) is 5.80. The number of nitrogens with zero attached hydrogens (tertiary/aromatic N) is 1. The van der Waals surface area contributed by atoms with Crippen LogP contribution in [0.15, 0.2) is 0 Å². The van der Waals surface area contributed by atoms with Crippen molar-refractivity contribution in [2.75, 3.05) is 25.4 Å². The first-order chi connectivity index (χ1) is 10.0. The van der Waals surface area contributed by atoms with Crippen LogP contribution in [-0.2, 0) is 14.8 Å². The Kier molecular flexibility index (Phi) is 8.26. The van der Waals surface area contributed by atoms with Crippen molar-refractivity contribution in [2.24, 2.45) is 5.92 Å². The maximum atomic E-state index is 12.1. The molecule has 1 atom stereocenters. The molecule has 6 heteroatoms. The van der Waals surface area contributed by atoms with Gasteiger partial charge in [-0.1, -0.05) is 32.6 Å². The summed E-state index contributed by atoms with van der Waals surface area (Å²) in [5.74, 6) is -0.0594. The summed E-state index contributed by atoms with van der Waals surface area (Å²) >= 11 is 0. The number of sulfonamides is 1. The molecule has 0 aromatic carbocycles. The first-order valence-electron chi connectivity index (χ1n) is 8.26. The molecule has 0 saturated carbocycles. The van der Waals surface area contributed by atoms with Crippen LogP contribution in [0.4, 0.5) is 0 Å². The number of hydrogen-bond acceptors (Lipinski definition) is 3. The van der Waals surface area contributed by atoms with E-state index in [9.17, 15) is 13.2 Å². The maximum absolute atomic E-state index is 12.1. The monoisotopic (exact) mass is 318 g/mol. The largest absolute Gasteiger partial charge is 0.356 e. The summed E-state index contributed by atoms with van der Waals surface area (Å²) < 4.78 is 25.2. The number of carbonyl (C=O) groups excluding carboxylic acids is 1. The lowest BCUT2D eigenvalue weighted by Crippen LogP contribution is -2.46. The molecule has 124 valence electrons. The Hall–Kier alpha value is -0.620. The Bertz CT molecular complexity index is 409. The first-order valence-corrected chi connectivity index (χ1v) is 9.87. The number of piperidine rings is 1. The van der Waals surface area contributed by atoms with Gasteiger partial charge >= 0.3 is 0 Å². The molecule has 1 aliphatic rings. The lowest BCUT2D eigenvalue weighted by molar-refractivity contribution is -0.126. The average molecular weight is 318 g/mol. The number of amides is 1. The maximum Gasteiger partial charge on any atom is 0.224 e. The highest BCUT2D eigenvalue weighted by Crippen LogP contribution is 2.19. The Morgan fingerprint density at radius 3 is 2.57 bits per heavy atom. The third-order valence-corrected chi connectivity index (χ3v) is 5.94. The number of rotatable bonds is 9. The summed E-state index contributed by atoms with van der Waals surface area (Å²) in [5, 5.41) is 2.96. The van der Waals surface area contributed by atoms with Gasteiger partial charge in [-0.15, -0.1) is 0 Å². The molecule has 0 aromatic rings. The molecule has 0 aromatic heterocycles. The van der Waals surface area contributed by atoms with Gasteiger partial charge in [0, 0.05) is 19.6 Å². The lowest BCUT2D eigenvalue weighted by atomic mass is 9.99. The summed E-state index contributed by atoms with van der Waals surface area (Å²) in [6.45, 7) is 5.44. The van der Waals surface area contributed by atoms with Crippen molar-refractivity contribution in [3.63, 3.8) is 0 Å². The van der Waals surface area contributed by atoms with Crippen molar-refractivity contribution >= 4 is 15.9 Å². The van der Waals surface area contributed by atoms with E-state index in [4.69, 9.17) is 0 Å². The van der Waals surface area contributed by atoms with E-state index in [1.807, 2.05) is 0 Å². The van der Waals surface area contributed by atoms with Crippen LogP contribution in [0.5, 0.6) is 0 Å². The van der Waals surface area contributed by atoms with E-state index in [0.717, 1.165) is 25.7 Å². The molecule has 1 N–H and O–H groups in total. The fourth-order valence-corrected chi connectivity index (χ4v) is 3.86. The van der Waals surface area contributed by atoms with Crippen molar-refractivity contribution in [3.05, 3.63) is 0 Å². The molecule has 21 heavy (non-hydrogen) atoms. The molecular formula is C15H30N2O3S. The van der Waals surface area contributed by atoms with Crippen LogP contribution < -0.4 is 5.32 Å². The molecular weight excluding hydrogens is 288 g/mol. The predicted octanol–water partition coefficient (Wildman–Crippen LogP) is 2.13. The zero-order chi connectivity index (χ0) is 15.7. The van der Waals surface area contributed by atoms with Crippen molar-refractivity contribution in [1.29, 1.82) is 0 Å². The molecule has 1 fully saturated rings. The van der Waals surface area contributed by atoms with Crippen LogP contribution in [0, 0.1) is 5.92 Å². The van der Waals surface area contributed by atoms with Crippen LogP contribution in [0.2, 0.25) is 0 Å². The van der Waals surface area contributed by atoms with Gasteiger partial charge in [-0.2, -0.15) is 0 Å². The summed E-state index contributed by atoms with van der Waals surface area (Å²) in [7, 11) is -3.17. The minimum Gasteiger partial charge on any atom is -0.356 e. The first kappa shape index (κ1) is 18.4. The molecule has 1 amide bonds. The van der Waals surface area contributed by atoms with Crippen molar-refractivity contribution in [2.45, 2.75) is 58.8 Å². The van der Waals surface area contributed by atoms with E-state index in [1.165, 1.54) is 23.6 Å². The van der Waals surface area contributed by atoms with Crippen molar-refractivity contribution < 1.29 is 13.2 Å². The molecule has 0 radical (unpaired) electrons. The van der Waals surface area contributed by atoms with Gasteiger partial charge in [-0.05, 0) is 26.2 Å². The number of unbranched alkanes of at least 4 members (excludes halogenated alkanes) is 4. The van der Waals surface area contributed by atoms with Gasteiger partial charge in [0.25, 0.3) is 0 Å². The molecule has 0 unspecified atom stereocenters. The lowest BCUT2D eigenvalue weighted by Gasteiger charge is -2.30. The summed E-state index contributed by atoms with van der Waals surface area (Å²) in [4.78, 5) is 12.1. The van der Waals surface area contributed by atoms with E-state index < -0.39 is 10.0 Å². The van der Waals surface area contributed by atoms with Crippen LogP contribution in [0.1, 0.15) is 58.8 Å². The van der Waals surface area contributed by atoms with Gasteiger partial charge in [-0.3, -0.25) is 4.79 Å². The fraction of sp³-hybridized carbons (Fsp3) is 0.933. The van der Waals surface area contributed by atoms with Gasteiger partial charge in [0.1, 0.15) is 0 Å². The molecule has 5 nitrogen and oxygen atoms in total. The van der Waals surface area contributed by atoms with Gasteiger partial charge in [0.2, 0.25) is 15.9 Å². The zero-order valence-electron chi connectivity index (χ0n) is 13.4. The molecule has 1 aliphatic heterocycles. The fourth-order valence-electron chi connectivity index (χ4n) is 2.68. The van der Waals surface area contributed by atoms with E-state index in [2.05, 4.69) is 12.2 Å². The smallest absolute Gasteiger partial charge is 0.224 e. The van der Waals surface area contributed by atoms with Gasteiger partial charge in [0.05, 0.1) is 11.7 Å². The van der Waals surface area contributed by atoms with Gasteiger partial charge < -0.3 is 5.32 Å². The Labute approximate surface area is 129 Å². The third kappa shape index (κ3) is 6.34. The highest BCUT2D eigenvalue weighted by atomic mass is 32.2. The van der Waals surface area contributed by atoms with Gasteiger partial charge in [-0.25, -0.2) is 12.7 Å². The van der Waals surface area contributed by atoms with Crippen LogP contribution >= 0.6 is 0 Å². The molecule has 1 saturated heterocycles. The highest BCUT2D eigenvalue weighted by Gasteiger charge is 2.31. The normalized spacial score (nSPS) is 20.4. The Morgan fingerprint density at radius 2 is 1.90 bits per heavy atom. The minimum atomic E-state index is -3.17. The average Bonchev–Trinajstić information content (AvgIpc) is 2.50. The number of hydrogen-bond donors (Lipinski definition) is 1. The molecule has 0 spiro atoms. The van der Waals surface area contributed by atoms with Gasteiger partial charge in [0.15, 0.2) is 0 Å². The summed E-state index contributed by atoms with van der Waals surface area (Å²) in [6.07, 6.45) is 7.41. The number of nitrogens with one attached hydrogen (secondary N) is 1. The standard InChI is InChI=1S/C15H30N2O3S/c1-3-5-6-7-8-11-16-15(18)14-10-9-12-17(13-14)21(19,20)4-2/h14H,3-13H2,1-2H3,(H,16,18)/t14-/m0/s1. The minimum absolute atomic E-state index is 0.0153.